The number of halogens is 1. The van der Waals surface area contributed by atoms with E-state index in [0.717, 1.165) is 0 Å². The predicted octanol–water partition coefficient (Wildman–Crippen LogP) is 1.56. The minimum absolute atomic E-state index is 0.172. The highest BCUT2D eigenvalue weighted by molar-refractivity contribution is 9.10. The molecule has 12 heavy (non-hydrogen) atoms. The van der Waals surface area contributed by atoms with Crippen LogP contribution in [0.4, 0.5) is 5.69 Å². The van der Waals surface area contributed by atoms with Crippen LogP contribution in [0, 0.1) is 10.1 Å². The first kappa shape index (κ1) is 8.79. The first-order chi connectivity index (χ1) is 5.65. The molecule has 0 aromatic carbocycles. The smallest absolute Gasteiger partial charge is 0.296 e. The lowest BCUT2D eigenvalue weighted by Gasteiger charge is -1.94. The molecule has 0 saturated heterocycles. The van der Waals surface area contributed by atoms with Gasteiger partial charge >= 0.3 is 0 Å². The molecule has 5 nitrogen and oxygen atoms in total. The number of carbonyl (C=O) groups is 1. The van der Waals surface area contributed by atoms with Gasteiger partial charge in [-0.05, 0) is 22.0 Å². The van der Waals surface area contributed by atoms with E-state index >= 15 is 0 Å². The van der Waals surface area contributed by atoms with Gasteiger partial charge in [0.15, 0.2) is 12.0 Å². The molecule has 1 rings (SSSR count). The molecule has 0 aliphatic carbocycles. The van der Waals surface area contributed by atoms with E-state index in [0.29, 0.717) is 10.9 Å². The summed E-state index contributed by atoms with van der Waals surface area (Å²) in [5.74, 6) is 0. The number of nitro groups is 1. The summed E-state index contributed by atoms with van der Waals surface area (Å²) >= 11 is 2.99. The van der Waals surface area contributed by atoms with E-state index < -0.39 is 4.92 Å². The van der Waals surface area contributed by atoms with Crippen molar-refractivity contribution in [3.8, 4) is 0 Å². The Bertz CT molecular complexity index is 340. The van der Waals surface area contributed by atoms with E-state index in [9.17, 15) is 14.9 Å². The van der Waals surface area contributed by atoms with Crippen LogP contribution in [-0.2, 0) is 0 Å². The fraction of sp³-hybridized carbons (Fsp3) is 0. The Labute approximate surface area is 75.7 Å². The number of nitrogens with zero attached hydrogens (tertiary/aromatic N) is 2. The van der Waals surface area contributed by atoms with Gasteiger partial charge in [-0.15, -0.1) is 0 Å². The van der Waals surface area contributed by atoms with Crippen molar-refractivity contribution in [3.05, 3.63) is 32.5 Å². The van der Waals surface area contributed by atoms with Crippen molar-refractivity contribution in [2.45, 2.75) is 0 Å². The second-order valence-electron chi connectivity index (χ2n) is 1.91. The Balaban J connectivity index is 3.29. The average Bonchev–Trinajstić information content (AvgIpc) is 2.03. The summed E-state index contributed by atoms with van der Waals surface area (Å²) in [6.07, 6.45) is 0.350. The molecule has 62 valence electrons. The molecule has 0 aliphatic rings. The third-order valence-electron chi connectivity index (χ3n) is 1.18. The molecule has 1 heterocycles. The number of hydrogen-bond donors (Lipinski definition) is 0. The molecule has 0 saturated carbocycles. The van der Waals surface area contributed by atoms with Crippen molar-refractivity contribution in [1.29, 1.82) is 0 Å². The van der Waals surface area contributed by atoms with E-state index in [1.165, 1.54) is 12.1 Å². The van der Waals surface area contributed by atoms with Gasteiger partial charge in [0.25, 0.3) is 5.69 Å². The monoisotopic (exact) mass is 230 g/mol. The molecule has 1 aromatic heterocycles. The zero-order valence-electron chi connectivity index (χ0n) is 5.73. The zero-order valence-corrected chi connectivity index (χ0v) is 7.32. The third kappa shape index (κ3) is 1.65. The maximum atomic E-state index is 10.3. The summed E-state index contributed by atoms with van der Waals surface area (Å²) in [5.41, 5.74) is -0.456. The SMILES string of the molecule is O=Cc1nc(Br)ccc1[N+](=O)[O-]. The summed E-state index contributed by atoms with van der Waals surface area (Å²) in [4.78, 5) is 23.5. The van der Waals surface area contributed by atoms with Gasteiger partial charge in [-0.2, -0.15) is 0 Å². The lowest BCUT2D eigenvalue weighted by molar-refractivity contribution is -0.385. The van der Waals surface area contributed by atoms with Gasteiger partial charge in [-0.25, -0.2) is 4.98 Å². The molecule has 1 aromatic rings. The van der Waals surface area contributed by atoms with Crippen molar-refractivity contribution in [2.75, 3.05) is 0 Å². The second-order valence-corrected chi connectivity index (χ2v) is 2.73. The van der Waals surface area contributed by atoms with Gasteiger partial charge in [0.2, 0.25) is 0 Å². The van der Waals surface area contributed by atoms with Crippen LogP contribution in [0.5, 0.6) is 0 Å². The van der Waals surface area contributed by atoms with E-state index in [2.05, 4.69) is 20.9 Å². The quantitative estimate of drug-likeness (QED) is 0.335. The van der Waals surface area contributed by atoms with Crippen LogP contribution in [0.3, 0.4) is 0 Å². The lowest BCUT2D eigenvalue weighted by atomic mass is 10.3. The predicted molar refractivity (Wildman–Crippen MR) is 44.0 cm³/mol. The Morgan fingerprint density at radius 1 is 1.58 bits per heavy atom. The van der Waals surface area contributed by atoms with Crippen molar-refractivity contribution in [2.24, 2.45) is 0 Å². The van der Waals surface area contributed by atoms with Gasteiger partial charge in [0, 0.05) is 6.07 Å². The van der Waals surface area contributed by atoms with E-state index in [1.54, 1.807) is 0 Å². The summed E-state index contributed by atoms with van der Waals surface area (Å²) in [6.45, 7) is 0. The van der Waals surface area contributed by atoms with Gasteiger partial charge in [0.1, 0.15) is 4.60 Å². The molecule has 0 fully saturated rings. The highest BCUT2D eigenvalue weighted by Crippen LogP contribution is 2.17. The molecule has 0 bridgehead atoms. The van der Waals surface area contributed by atoms with Gasteiger partial charge in [-0.3, -0.25) is 14.9 Å². The first-order valence-electron chi connectivity index (χ1n) is 2.91. The zero-order chi connectivity index (χ0) is 9.14. The van der Waals surface area contributed by atoms with Gasteiger partial charge < -0.3 is 0 Å². The van der Waals surface area contributed by atoms with Crippen LogP contribution >= 0.6 is 15.9 Å². The van der Waals surface area contributed by atoms with Crippen LogP contribution in [0.2, 0.25) is 0 Å². The average molecular weight is 231 g/mol. The van der Waals surface area contributed by atoms with Crippen LogP contribution in [-0.4, -0.2) is 16.2 Å². The minimum atomic E-state index is -0.650. The molecule has 0 N–H and O–H groups in total. The van der Waals surface area contributed by atoms with E-state index in [4.69, 9.17) is 0 Å². The molecule has 0 spiro atoms. The minimum Gasteiger partial charge on any atom is -0.296 e. The highest BCUT2D eigenvalue weighted by Gasteiger charge is 2.13. The Kier molecular flexibility index (Phi) is 2.49. The number of hydrogen-bond acceptors (Lipinski definition) is 4. The summed E-state index contributed by atoms with van der Waals surface area (Å²) in [7, 11) is 0. The molecular weight excluding hydrogens is 228 g/mol. The molecule has 0 unspecified atom stereocenters. The first-order valence-corrected chi connectivity index (χ1v) is 3.70. The molecular formula is C6H3BrN2O3. The fourth-order valence-electron chi connectivity index (χ4n) is 0.684. The number of pyridine rings is 1. The standard InChI is InChI=1S/C6H3BrN2O3/c7-6-2-1-5(9(11)12)4(3-10)8-6/h1-3H. The Hall–Kier alpha value is -1.30. The lowest BCUT2D eigenvalue weighted by Crippen LogP contribution is -1.96. The van der Waals surface area contributed by atoms with E-state index in [1.807, 2.05) is 0 Å². The molecule has 0 aliphatic heterocycles. The van der Waals surface area contributed by atoms with Crippen molar-refractivity contribution in [1.82, 2.24) is 4.98 Å². The van der Waals surface area contributed by atoms with Gasteiger partial charge in [-0.1, -0.05) is 0 Å². The molecule has 0 radical (unpaired) electrons. The van der Waals surface area contributed by atoms with Crippen LogP contribution in [0.1, 0.15) is 10.5 Å². The Morgan fingerprint density at radius 2 is 2.25 bits per heavy atom. The number of aldehydes is 1. The van der Waals surface area contributed by atoms with Crippen LogP contribution in [0.25, 0.3) is 0 Å². The second kappa shape index (κ2) is 3.40. The Morgan fingerprint density at radius 3 is 2.75 bits per heavy atom. The maximum absolute atomic E-state index is 10.3. The van der Waals surface area contributed by atoms with Crippen molar-refractivity contribution < 1.29 is 9.72 Å². The largest absolute Gasteiger partial charge is 0.298 e. The van der Waals surface area contributed by atoms with E-state index in [-0.39, 0.29) is 11.4 Å². The maximum Gasteiger partial charge on any atom is 0.298 e. The number of rotatable bonds is 2. The molecule has 0 amide bonds. The summed E-state index contributed by atoms with van der Waals surface area (Å²) in [5, 5.41) is 10.3. The van der Waals surface area contributed by atoms with Crippen molar-refractivity contribution in [3.63, 3.8) is 0 Å². The summed E-state index contributed by atoms with van der Waals surface area (Å²) < 4.78 is 0.398. The van der Waals surface area contributed by atoms with Gasteiger partial charge in [0.05, 0.1) is 4.92 Å². The highest BCUT2D eigenvalue weighted by atomic mass is 79.9. The molecule has 6 heteroatoms. The normalized spacial score (nSPS) is 9.42. The molecule has 0 atom stereocenters. The fourth-order valence-corrected chi connectivity index (χ4v) is 1.01. The topological polar surface area (TPSA) is 73.1 Å². The third-order valence-corrected chi connectivity index (χ3v) is 1.62. The van der Waals surface area contributed by atoms with Crippen LogP contribution in [0.15, 0.2) is 16.7 Å². The summed E-state index contributed by atoms with van der Waals surface area (Å²) in [6, 6.07) is 2.63. The van der Waals surface area contributed by atoms with Crippen molar-refractivity contribution >= 4 is 27.9 Å². The number of carbonyl (C=O) groups excluding carboxylic acids is 1. The van der Waals surface area contributed by atoms with Crippen LogP contribution < -0.4 is 0 Å². The number of aromatic nitrogens is 1.